The summed E-state index contributed by atoms with van der Waals surface area (Å²) < 4.78 is 6.59. The lowest BCUT2D eigenvalue weighted by Crippen LogP contribution is -2.01. The SMILES string of the molecule is c1ccc(-c2ccc(-c3nc(-c4ccc5c(ccc6ccccc65)c4)nc(-c4ccc(-c5cccc6ccc7nc(-c8ccccc8)oc7c56)c5ccccc45)n3)cc2)cc1. The van der Waals surface area contributed by atoms with Gasteiger partial charge in [0.2, 0.25) is 5.89 Å². The van der Waals surface area contributed by atoms with Crippen LogP contribution in [0.2, 0.25) is 0 Å². The third-order valence-corrected chi connectivity index (χ3v) is 11.8. The quantitative estimate of drug-likeness (QED) is 0.157. The normalized spacial score (nSPS) is 11.6. The third-order valence-electron chi connectivity index (χ3n) is 11.8. The lowest BCUT2D eigenvalue weighted by molar-refractivity contribution is 0.623. The summed E-state index contributed by atoms with van der Waals surface area (Å²) >= 11 is 0. The Kier molecular flexibility index (Phi) is 8.10. The highest BCUT2D eigenvalue weighted by Crippen LogP contribution is 2.42. The standard InChI is InChI=1S/C56H34N4O/c1-3-12-35(13-4-1)36-22-25-39(26-23-36)53-58-54(42-28-30-44-41(34-42)27-24-37-14-7-8-18-43(37)44)60-55(59-53)49-32-31-47(45-19-9-10-20-46(45)49)48-21-11-17-38-29-33-50-52(51(38)48)61-56(57-50)40-15-5-2-6-16-40/h1-34H. The van der Waals surface area contributed by atoms with Crippen molar-refractivity contribution in [1.29, 1.82) is 0 Å². The molecule has 0 saturated carbocycles. The average molecular weight is 779 g/mol. The largest absolute Gasteiger partial charge is 0.435 e. The molecule has 0 spiro atoms. The Bertz CT molecular complexity index is 3640. The Morgan fingerprint density at radius 2 is 0.852 bits per heavy atom. The van der Waals surface area contributed by atoms with Crippen molar-refractivity contribution >= 4 is 54.2 Å². The first kappa shape index (κ1) is 34.7. The van der Waals surface area contributed by atoms with Gasteiger partial charge in [0.15, 0.2) is 23.1 Å². The molecule has 12 aromatic rings. The van der Waals surface area contributed by atoms with E-state index in [4.69, 9.17) is 24.4 Å². The number of benzene rings is 10. The van der Waals surface area contributed by atoms with Crippen molar-refractivity contribution < 1.29 is 4.42 Å². The van der Waals surface area contributed by atoms with E-state index < -0.39 is 0 Å². The molecule has 0 saturated heterocycles. The molecule has 2 aromatic heterocycles. The van der Waals surface area contributed by atoms with E-state index in [1.165, 1.54) is 16.2 Å². The summed E-state index contributed by atoms with van der Waals surface area (Å²) in [6.07, 6.45) is 0. The van der Waals surface area contributed by atoms with Crippen molar-refractivity contribution in [2.75, 3.05) is 0 Å². The lowest BCUT2D eigenvalue weighted by atomic mass is 9.91. The number of aromatic nitrogens is 4. The molecule has 61 heavy (non-hydrogen) atoms. The second-order valence-corrected chi connectivity index (χ2v) is 15.4. The van der Waals surface area contributed by atoms with E-state index in [0.29, 0.717) is 23.4 Å². The fourth-order valence-electron chi connectivity index (χ4n) is 8.76. The van der Waals surface area contributed by atoms with Crippen LogP contribution in [-0.4, -0.2) is 19.9 Å². The number of hydrogen-bond acceptors (Lipinski definition) is 5. The summed E-state index contributed by atoms with van der Waals surface area (Å²) in [5, 5.41) is 9.01. The van der Waals surface area contributed by atoms with Gasteiger partial charge < -0.3 is 4.42 Å². The second-order valence-electron chi connectivity index (χ2n) is 15.4. The van der Waals surface area contributed by atoms with Gasteiger partial charge in [0.25, 0.3) is 0 Å². The maximum Gasteiger partial charge on any atom is 0.227 e. The smallest absolute Gasteiger partial charge is 0.227 e. The molecular weight excluding hydrogens is 745 g/mol. The van der Waals surface area contributed by atoms with Crippen LogP contribution in [0.25, 0.3) is 122 Å². The summed E-state index contributed by atoms with van der Waals surface area (Å²) in [6, 6.07) is 71.8. The van der Waals surface area contributed by atoms with Gasteiger partial charge in [0.1, 0.15) is 5.52 Å². The molecule has 0 N–H and O–H groups in total. The Morgan fingerprint density at radius 3 is 1.66 bits per heavy atom. The highest BCUT2D eigenvalue weighted by molar-refractivity contribution is 6.16. The number of hydrogen-bond donors (Lipinski definition) is 0. The van der Waals surface area contributed by atoms with Crippen LogP contribution in [0.3, 0.4) is 0 Å². The third kappa shape index (κ3) is 6.02. The van der Waals surface area contributed by atoms with E-state index in [1.54, 1.807) is 0 Å². The maximum atomic E-state index is 6.59. The fraction of sp³-hybridized carbons (Fsp3) is 0. The molecule has 2 heterocycles. The van der Waals surface area contributed by atoms with Gasteiger partial charge in [-0.1, -0.05) is 176 Å². The Morgan fingerprint density at radius 1 is 0.295 bits per heavy atom. The predicted octanol–water partition coefficient (Wildman–Crippen LogP) is 14.6. The van der Waals surface area contributed by atoms with Crippen LogP contribution in [-0.2, 0) is 0 Å². The van der Waals surface area contributed by atoms with Crippen LogP contribution in [0.1, 0.15) is 0 Å². The Hall–Kier alpha value is -8.28. The van der Waals surface area contributed by atoms with Crippen LogP contribution in [0.15, 0.2) is 211 Å². The molecule has 0 unspecified atom stereocenters. The van der Waals surface area contributed by atoms with Crippen molar-refractivity contribution in [2.45, 2.75) is 0 Å². The fourth-order valence-corrected chi connectivity index (χ4v) is 8.76. The van der Waals surface area contributed by atoms with Gasteiger partial charge in [0.05, 0.1) is 0 Å². The van der Waals surface area contributed by atoms with Gasteiger partial charge >= 0.3 is 0 Å². The van der Waals surface area contributed by atoms with Crippen LogP contribution in [0.4, 0.5) is 0 Å². The van der Waals surface area contributed by atoms with E-state index in [9.17, 15) is 0 Å². The van der Waals surface area contributed by atoms with E-state index in [2.05, 4.69) is 164 Å². The number of rotatable bonds is 6. The topological polar surface area (TPSA) is 64.7 Å². The highest BCUT2D eigenvalue weighted by atomic mass is 16.3. The first-order valence-corrected chi connectivity index (χ1v) is 20.5. The van der Waals surface area contributed by atoms with Crippen LogP contribution >= 0.6 is 0 Å². The van der Waals surface area contributed by atoms with Gasteiger partial charge in [-0.3, -0.25) is 0 Å². The molecule has 0 amide bonds. The van der Waals surface area contributed by atoms with Crippen LogP contribution in [0.5, 0.6) is 0 Å². The second kappa shape index (κ2) is 14.2. The van der Waals surface area contributed by atoms with E-state index in [0.717, 1.165) is 82.5 Å². The average Bonchev–Trinajstić information content (AvgIpc) is 3.79. The monoisotopic (exact) mass is 778 g/mol. The molecule has 0 atom stereocenters. The molecule has 284 valence electrons. The zero-order valence-electron chi connectivity index (χ0n) is 32.8. The zero-order chi connectivity index (χ0) is 40.3. The molecule has 5 heteroatoms. The molecule has 5 nitrogen and oxygen atoms in total. The molecule has 0 bridgehead atoms. The molecule has 0 radical (unpaired) electrons. The predicted molar refractivity (Wildman–Crippen MR) is 250 cm³/mol. The van der Waals surface area contributed by atoms with Gasteiger partial charge in [-0.25, -0.2) is 19.9 Å². The molecule has 0 aliphatic rings. The Balaban J connectivity index is 1.04. The van der Waals surface area contributed by atoms with Crippen molar-refractivity contribution in [3.8, 4) is 67.9 Å². The molecule has 10 aromatic carbocycles. The van der Waals surface area contributed by atoms with Gasteiger partial charge in [-0.05, 0) is 90.3 Å². The molecule has 12 rings (SSSR count). The van der Waals surface area contributed by atoms with Crippen molar-refractivity contribution in [2.24, 2.45) is 0 Å². The highest BCUT2D eigenvalue weighted by Gasteiger charge is 2.20. The molecule has 0 fully saturated rings. The van der Waals surface area contributed by atoms with Gasteiger partial charge in [-0.2, -0.15) is 0 Å². The minimum Gasteiger partial charge on any atom is -0.435 e. The first-order valence-electron chi connectivity index (χ1n) is 20.5. The Labute approximate surface area is 351 Å². The van der Waals surface area contributed by atoms with Crippen LogP contribution < -0.4 is 0 Å². The number of oxazole rings is 1. The van der Waals surface area contributed by atoms with E-state index >= 15 is 0 Å². The minimum atomic E-state index is 0.606. The van der Waals surface area contributed by atoms with Crippen LogP contribution in [0, 0.1) is 0 Å². The first-order chi connectivity index (χ1) is 30.2. The molecule has 0 aliphatic heterocycles. The van der Waals surface area contributed by atoms with Gasteiger partial charge in [0, 0.05) is 27.6 Å². The maximum absolute atomic E-state index is 6.59. The number of fused-ring (bicyclic) bond motifs is 7. The molecular formula is C56H34N4O. The minimum absolute atomic E-state index is 0.606. The molecule has 0 aliphatic carbocycles. The van der Waals surface area contributed by atoms with E-state index in [1.807, 2.05) is 42.5 Å². The summed E-state index contributed by atoms with van der Waals surface area (Å²) in [7, 11) is 0. The summed E-state index contributed by atoms with van der Waals surface area (Å²) in [6.45, 7) is 0. The van der Waals surface area contributed by atoms with Crippen molar-refractivity contribution in [1.82, 2.24) is 19.9 Å². The summed E-state index contributed by atoms with van der Waals surface area (Å²) in [5.41, 5.74) is 9.76. The summed E-state index contributed by atoms with van der Waals surface area (Å²) in [4.78, 5) is 20.6. The lowest BCUT2D eigenvalue weighted by Gasteiger charge is -2.15. The zero-order valence-corrected chi connectivity index (χ0v) is 32.8. The van der Waals surface area contributed by atoms with Crippen molar-refractivity contribution in [3.05, 3.63) is 206 Å². The van der Waals surface area contributed by atoms with Crippen molar-refractivity contribution in [3.63, 3.8) is 0 Å². The van der Waals surface area contributed by atoms with E-state index in [-0.39, 0.29) is 0 Å². The summed E-state index contributed by atoms with van der Waals surface area (Å²) in [5.74, 6) is 2.44. The van der Waals surface area contributed by atoms with Gasteiger partial charge in [-0.15, -0.1) is 0 Å². The number of nitrogens with zero attached hydrogens (tertiary/aromatic N) is 4.